The van der Waals surface area contributed by atoms with Crippen molar-refractivity contribution in [1.82, 2.24) is 19.5 Å². The second-order valence-corrected chi connectivity index (χ2v) is 5.86. The molecule has 0 aliphatic rings. The monoisotopic (exact) mass is 351 g/mol. The lowest BCUT2D eigenvalue weighted by Gasteiger charge is -2.09. The number of anilines is 1. The summed E-state index contributed by atoms with van der Waals surface area (Å²) in [6.45, 7) is 3.87. The van der Waals surface area contributed by atoms with Crippen LogP contribution in [0.25, 0.3) is 5.82 Å². The number of hydrogen-bond donors (Lipinski definition) is 1. The lowest BCUT2D eigenvalue weighted by molar-refractivity contribution is -0.116. The third-order valence-electron chi connectivity index (χ3n) is 3.69. The molecule has 3 rings (SSSR count). The predicted octanol–water partition coefficient (Wildman–Crippen LogP) is 3.89. The van der Waals surface area contributed by atoms with E-state index in [4.69, 9.17) is 4.74 Å². The van der Waals surface area contributed by atoms with Gasteiger partial charge in [-0.25, -0.2) is 9.97 Å². The molecule has 0 bridgehead atoms. The quantitative estimate of drug-likeness (QED) is 0.698. The Morgan fingerprint density at radius 3 is 2.73 bits per heavy atom. The van der Waals surface area contributed by atoms with Crippen LogP contribution in [0.2, 0.25) is 0 Å². The smallest absolute Gasteiger partial charge is 0.224 e. The van der Waals surface area contributed by atoms with Gasteiger partial charge in [-0.2, -0.15) is 4.98 Å². The van der Waals surface area contributed by atoms with Gasteiger partial charge in [0.2, 0.25) is 11.8 Å². The molecule has 0 spiro atoms. The number of amides is 1. The Labute approximate surface area is 152 Å². The van der Waals surface area contributed by atoms with Crippen LogP contribution in [0, 0.1) is 6.92 Å². The number of nitrogens with zero attached hydrogens (tertiary/aromatic N) is 4. The van der Waals surface area contributed by atoms with Gasteiger partial charge in [0.15, 0.2) is 0 Å². The van der Waals surface area contributed by atoms with E-state index in [0.29, 0.717) is 29.7 Å². The van der Waals surface area contributed by atoms with Gasteiger partial charge in [-0.3, -0.25) is 9.36 Å². The van der Waals surface area contributed by atoms with Crippen molar-refractivity contribution in [3.05, 3.63) is 54.9 Å². The minimum atomic E-state index is 0.0249. The Morgan fingerprint density at radius 2 is 2.04 bits per heavy atom. The highest BCUT2D eigenvalue weighted by molar-refractivity contribution is 5.90. The van der Waals surface area contributed by atoms with Crippen molar-refractivity contribution in [2.24, 2.45) is 0 Å². The maximum atomic E-state index is 11.8. The number of unbranched alkanes of at least 4 members (excludes halogenated alkanes) is 1. The normalized spacial score (nSPS) is 10.5. The third kappa shape index (κ3) is 4.66. The standard InChI is InChI=1S/C19H21N5O2/c1-3-4-5-18(25)23-15-6-8-16(9-7-15)26-19-12-17(21-14(2)22-19)24-11-10-20-13-24/h6-13H,3-5H2,1-2H3,(H,23,25). The van der Waals surface area contributed by atoms with E-state index in [9.17, 15) is 4.79 Å². The van der Waals surface area contributed by atoms with Crippen molar-refractivity contribution in [3.63, 3.8) is 0 Å². The summed E-state index contributed by atoms with van der Waals surface area (Å²) in [6.07, 6.45) is 7.58. The van der Waals surface area contributed by atoms with Gasteiger partial charge >= 0.3 is 0 Å². The molecule has 0 aliphatic heterocycles. The molecule has 0 unspecified atom stereocenters. The molecule has 2 heterocycles. The minimum absolute atomic E-state index is 0.0249. The van der Waals surface area contributed by atoms with Gasteiger partial charge in [-0.1, -0.05) is 13.3 Å². The number of aryl methyl sites for hydroxylation is 1. The highest BCUT2D eigenvalue weighted by Crippen LogP contribution is 2.23. The summed E-state index contributed by atoms with van der Waals surface area (Å²) in [5.74, 6) is 2.39. The Balaban J connectivity index is 1.68. The lowest BCUT2D eigenvalue weighted by atomic mass is 10.2. The van der Waals surface area contributed by atoms with Crippen LogP contribution in [0.3, 0.4) is 0 Å². The van der Waals surface area contributed by atoms with E-state index in [-0.39, 0.29) is 5.91 Å². The van der Waals surface area contributed by atoms with Crippen LogP contribution in [0.1, 0.15) is 32.0 Å². The first-order valence-corrected chi connectivity index (χ1v) is 8.56. The van der Waals surface area contributed by atoms with Gasteiger partial charge in [0, 0.05) is 30.6 Å². The van der Waals surface area contributed by atoms with Crippen molar-refractivity contribution in [2.45, 2.75) is 33.1 Å². The summed E-state index contributed by atoms with van der Waals surface area (Å²) in [7, 11) is 0. The van der Waals surface area contributed by atoms with Crippen LogP contribution < -0.4 is 10.1 Å². The summed E-state index contributed by atoms with van der Waals surface area (Å²) in [6, 6.07) is 8.96. The molecular formula is C19H21N5O2. The second kappa shape index (κ2) is 8.24. The van der Waals surface area contributed by atoms with Crippen LogP contribution >= 0.6 is 0 Å². The molecule has 7 nitrogen and oxygen atoms in total. The molecule has 0 saturated heterocycles. The minimum Gasteiger partial charge on any atom is -0.439 e. The number of imidazole rings is 1. The number of carbonyl (C=O) groups is 1. The number of benzene rings is 1. The van der Waals surface area contributed by atoms with E-state index in [1.54, 1.807) is 35.3 Å². The fraction of sp³-hybridized carbons (Fsp3) is 0.263. The zero-order valence-electron chi connectivity index (χ0n) is 14.8. The number of ether oxygens (including phenoxy) is 1. The average Bonchev–Trinajstić information content (AvgIpc) is 3.16. The number of hydrogen-bond acceptors (Lipinski definition) is 5. The fourth-order valence-electron chi connectivity index (χ4n) is 2.39. The van der Waals surface area contributed by atoms with E-state index in [1.807, 2.05) is 25.3 Å². The molecule has 1 amide bonds. The second-order valence-electron chi connectivity index (χ2n) is 5.86. The SMILES string of the molecule is CCCCC(=O)Nc1ccc(Oc2cc(-n3ccnc3)nc(C)n2)cc1. The molecule has 0 fully saturated rings. The van der Waals surface area contributed by atoms with Crippen molar-refractivity contribution < 1.29 is 9.53 Å². The molecule has 0 atom stereocenters. The number of nitrogens with one attached hydrogen (secondary N) is 1. The molecule has 0 saturated carbocycles. The Bertz CT molecular complexity index is 860. The molecular weight excluding hydrogens is 330 g/mol. The van der Waals surface area contributed by atoms with Crippen LogP contribution in [0.15, 0.2) is 49.1 Å². The van der Waals surface area contributed by atoms with Gasteiger partial charge < -0.3 is 10.1 Å². The third-order valence-corrected chi connectivity index (χ3v) is 3.69. The summed E-state index contributed by atoms with van der Waals surface area (Å²) in [4.78, 5) is 24.5. The highest BCUT2D eigenvalue weighted by atomic mass is 16.5. The maximum absolute atomic E-state index is 11.8. The topological polar surface area (TPSA) is 81.9 Å². The first-order valence-electron chi connectivity index (χ1n) is 8.56. The van der Waals surface area contributed by atoms with E-state index in [2.05, 4.69) is 27.2 Å². The van der Waals surface area contributed by atoms with Gasteiger partial charge in [0.1, 0.15) is 23.7 Å². The van der Waals surface area contributed by atoms with Crippen LogP contribution in [0.5, 0.6) is 11.6 Å². The highest BCUT2D eigenvalue weighted by Gasteiger charge is 2.07. The average molecular weight is 351 g/mol. The van der Waals surface area contributed by atoms with Gasteiger partial charge in [-0.15, -0.1) is 0 Å². The van der Waals surface area contributed by atoms with Crippen molar-refractivity contribution in [1.29, 1.82) is 0 Å². The van der Waals surface area contributed by atoms with E-state index >= 15 is 0 Å². The van der Waals surface area contributed by atoms with E-state index < -0.39 is 0 Å². The maximum Gasteiger partial charge on any atom is 0.224 e. The number of rotatable bonds is 7. The summed E-state index contributed by atoms with van der Waals surface area (Å²) in [5.41, 5.74) is 0.747. The molecule has 3 aromatic rings. The van der Waals surface area contributed by atoms with Crippen LogP contribution in [-0.2, 0) is 4.79 Å². The molecule has 1 N–H and O–H groups in total. The summed E-state index contributed by atoms with van der Waals surface area (Å²) in [5, 5.41) is 2.87. The fourth-order valence-corrected chi connectivity index (χ4v) is 2.39. The largest absolute Gasteiger partial charge is 0.439 e. The predicted molar refractivity (Wildman–Crippen MR) is 98.6 cm³/mol. The molecule has 7 heteroatoms. The van der Waals surface area contributed by atoms with Gasteiger partial charge in [0.25, 0.3) is 0 Å². The number of aromatic nitrogens is 4. The first-order chi connectivity index (χ1) is 12.6. The molecule has 0 aliphatic carbocycles. The van der Waals surface area contributed by atoms with E-state index in [0.717, 1.165) is 18.5 Å². The molecule has 26 heavy (non-hydrogen) atoms. The van der Waals surface area contributed by atoms with Crippen molar-refractivity contribution >= 4 is 11.6 Å². The van der Waals surface area contributed by atoms with Gasteiger partial charge in [0.05, 0.1) is 0 Å². The zero-order chi connectivity index (χ0) is 18.4. The van der Waals surface area contributed by atoms with E-state index in [1.165, 1.54) is 0 Å². The molecule has 134 valence electrons. The number of carbonyl (C=O) groups excluding carboxylic acids is 1. The van der Waals surface area contributed by atoms with Crippen LogP contribution in [-0.4, -0.2) is 25.4 Å². The molecule has 2 aromatic heterocycles. The van der Waals surface area contributed by atoms with Crippen LogP contribution in [0.4, 0.5) is 5.69 Å². The Kier molecular flexibility index (Phi) is 5.58. The molecule has 1 aromatic carbocycles. The Morgan fingerprint density at radius 1 is 1.23 bits per heavy atom. The molecule has 0 radical (unpaired) electrons. The summed E-state index contributed by atoms with van der Waals surface area (Å²) >= 11 is 0. The zero-order valence-corrected chi connectivity index (χ0v) is 14.8. The lowest BCUT2D eigenvalue weighted by Crippen LogP contribution is -2.10. The van der Waals surface area contributed by atoms with Crippen molar-refractivity contribution in [2.75, 3.05) is 5.32 Å². The summed E-state index contributed by atoms with van der Waals surface area (Å²) < 4.78 is 7.61. The first kappa shape index (κ1) is 17.6. The van der Waals surface area contributed by atoms with Crippen molar-refractivity contribution in [3.8, 4) is 17.4 Å². The van der Waals surface area contributed by atoms with Gasteiger partial charge in [-0.05, 0) is 37.6 Å². The Hall–Kier alpha value is -3.22.